The van der Waals surface area contributed by atoms with Gasteiger partial charge in [-0.3, -0.25) is 9.78 Å². The summed E-state index contributed by atoms with van der Waals surface area (Å²) in [6.07, 6.45) is 2.42. The van der Waals surface area contributed by atoms with Gasteiger partial charge in [0, 0.05) is 35.9 Å². The number of hydrogen-bond donors (Lipinski definition) is 0. The van der Waals surface area contributed by atoms with Crippen molar-refractivity contribution in [2.75, 3.05) is 16.8 Å². The first-order valence-corrected chi connectivity index (χ1v) is 6.54. The highest BCUT2D eigenvalue weighted by atomic mass is 79.9. The van der Waals surface area contributed by atoms with Crippen LogP contribution in [0.4, 0.5) is 5.69 Å². The van der Waals surface area contributed by atoms with Crippen molar-refractivity contribution in [2.24, 2.45) is 5.92 Å². The second-order valence-electron chi connectivity index (χ2n) is 4.27. The third-order valence-corrected chi connectivity index (χ3v) is 4.06. The molecule has 1 aromatic heterocycles. The van der Waals surface area contributed by atoms with Gasteiger partial charge in [-0.15, -0.1) is 0 Å². The van der Waals surface area contributed by atoms with Crippen molar-refractivity contribution in [3.8, 4) is 0 Å². The van der Waals surface area contributed by atoms with Gasteiger partial charge in [0.15, 0.2) is 0 Å². The SMILES string of the molecule is Cc1nccc(N2CC(CBr)CC2=O)c1C. The van der Waals surface area contributed by atoms with Crippen molar-refractivity contribution >= 4 is 27.5 Å². The summed E-state index contributed by atoms with van der Waals surface area (Å²) in [4.78, 5) is 18.0. The first-order chi connectivity index (χ1) is 7.63. The van der Waals surface area contributed by atoms with Crippen LogP contribution in [0, 0.1) is 19.8 Å². The number of hydrogen-bond acceptors (Lipinski definition) is 2. The Labute approximate surface area is 104 Å². The molecule has 2 heterocycles. The number of amides is 1. The smallest absolute Gasteiger partial charge is 0.227 e. The van der Waals surface area contributed by atoms with Gasteiger partial charge in [0.25, 0.3) is 0 Å². The average Bonchev–Trinajstić information content (AvgIpc) is 2.64. The highest BCUT2D eigenvalue weighted by molar-refractivity contribution is 9.09. The van der Waals surface area contributed by atoms with Crippen LogP contribution in [0.15, 0.2) is 12.3 Å². The number of carbonyl (C=O) groups is 1. The molecule has 1 amide bonds. The summed E-state index contributed by atoms with van der Waals surface area (Å²) in [6.45, 7) is 4.81. The lowest BCUT2D eigenvalue weighted by molar-refractivity contribution is -0.117. The van der Waals surface area contributed by atoms with E-state index in [0.717, 1.165) is 28.8 Å². The maximum atomic E-state index is 11.9. The predicted molar refractivity (Wildman–Crippen MR) is 68.0 cm³/mol. The van der Waals surface area contributed by atoms with E-state index in [1.807, 2.05) is 24.8 Å². The number of nitrogens with zero attached hydrogens (tertiary/aromatic N) is 2. The Hall–Kier alpha value is -0.900. The van der Waals surface area contributed by atoms with E-state index in [-0.39, 0.29) is 5.91 Å². The Bertz CT molecular complexity index is 419. The third kappa shape index (κ3) is 1.98. The second-order valence-corrected chi connectivity index (χ2v) is 4.92. The molecule has 16 heavy (non-hydrogen) atoms. The van der Waals surface area contributed by atoms with Crippen molar-refractivity contribution in [2.45, 2.75) is 20.3 Å². The molecule has 0 aromatic carbocycles. The Morgan fingerprint density at radius 1 is 1.56 bits per heavy atom. The summed E-state index contributed by atoms with van der Waals surface area (Å²) in [5.74, 6) is 0.651. The molecule has 0 spiro atoms. The van der Waals surface area contributed by atoms with Crippen LogP contribution in [-0.4, -0.2) is 22.8 Å². The van der Waals surface area contributed by atoms with Crippen molar-refractivity contribution in [1.29, 1.82) is 0 Å². The zero-order valence-electron chi connectivity index (χ0n) is 9.53. The van der Waals surface area contributed by atoms with Crippen LogP contribution in [-0.2, 0) is 4.79 Å². The number of aryl methyl sites for hydroxylation is 1. The van der Waals surface area contributed by atoms with Crippen molar-refractivity contribution < 1.29 is 4.79 Å². The molecule has 1 fully saturated rings. The molecule has 0 radical (unpaired) electrons. The van der Waals surface area contributed by atoms with Gasteiger partial charge in [-0.1, -0.05) is 15.9 Å². The van der Waals surface area contributed by atoms with Crippen LogP contribution in [0.2, 0.25) is 0 Å². The molecule has 1 aliphatic rings. The summed E-state index contributed by atoms with van der Waals surface area (Å²) in [6, 6.07) is 1.93. The lowest BCUT2D eigenvalue weighted by atomic mass is 10.1. The molecule has 2 rings (SSSR count). The van der Waals surface area contributed by atoms with Gasteiger partial charge < -0.3 is 4.90 Å². The zero-order chi connectivity index (χ0) is 11.7. The van der Waals surface area contributed by atoms with Crippen molar-refractivity contribution in [1.82, 2.24) is 4.98 Å². The van der Waals surface area contributed by atoms with Crippen LogP contribution in [0.3, 0.4) is 0 Å². The third-order valence-electron chi connectivity index (χ3n) is 3.14. The largest absolute Gasteiger partial charge is 0.312 e. The van der Waals surface area contributed by atoms with E-state index in [1.54, 1.807) is 6.20 Å². The van der Waals surface area contributed by atoms with Gasteiger partial charge in [-0.05, 0) is 31.4 Å². The average molecular weight is 283 g/mol. The van der Waals surface area contributed by atoms with Crippen LogP contribution in [0.25, 0.3) is 0 Å². The van der Waals surface area contributed by atoms with E-state index in [4.69, 9.17) is 0 Å². The molecule has 4 heteroatoms. The van der Waals surface area contributed by atoms with Crippen LogP contribution in [0.5, 0.6) is 0 Å². The molecular weight excluding hydrogens is 268 g/mol. The fraction of sp³-hybridized carbons (Fsp3) is 0.500. The minimum Gasteiger partial charge on any atom is -0.312 e. The van der Waals surface area contributed by atoms with Gasteiger partial charge in [0.2, 0.25) is 5.91 Å². The molecule has 0 N–H and O–H groups in total. The van der Waals surface area contributed by atoms with Crippen LogP contribution >= 0.6 is 15.9 Å². The number of carbonyl (C=O) groups excluding carboxylic acids is 1. The second kappa shape index (κ2) is 4.53. The quantitative estimate of drug-likeness (QED) is 0.781. The number of alkyl halides is 1. The van der Waals surface area contributed by atoms with E-state index in [2.05, 4.69) is 20.9 Å². The van der Waals surface area contributed by atoms with Gasteiger partial charge >= 0.3 is 0 Å². The monoisotopic (exact) mass is 282 g/mol. The van der Waals surface area contributed by atoms with E-state index in [1.165, 1.54) is 0 Å². The Balaban J connectivity index is 2.31. The van der Waals surface area contributed by atoms with E-state index < -0.39 is 0 Å². The molecule has 0 aliphatic carbocycles. The molecule has 1 aromatic rings. The van der Waals surface area contributed by atoms with Gasteiger partial charge in [-0.25, -0.2) is 0 Å². The predicted octanol–water partition coefficient (Wildman–Crippen LogP) is 2.45. The lowest BCUT2D eigenvalue weighted by Gasteiger charge is -2.19. The first-order valence-electron chi connectivity index (χ1n) is 5.42. The fourth-order valence-electron chi connectivity index (χ4n) is 2.04. The van der Waals surface area contributed by atoms with E-state index in [0.29, 0.717) is 12.3 Å². The van der Waals surface area contributed by atoms with E-state index in [9.17, 15) is 4.79 Å². The lowest BCUT2D eigenvalue weighted by Crippen LogP contribution is -2.25. The maximum absolute atomic E-state index is 11.9. The minimum absolute atomic E-state index is 0.221. The van der Waals surface area contributed by atoms with Gasteiger partial charge in [-0.2, -0.15) is 0 Å². The highest BCUT2D eigenvalue weighted by Crippen LogP contribution is 2.29. The first kappa shape index (κ1) is 11.6. The standard InChI is InChI=1S/C12H15BrN2O/c1-8-9(2)14-4-3-11(8)15-7-10(6-13)5-12(15)16/h3-4,10H,5-7H2,1-2H3. The minimum atomic E-state index is 0.221. The number of rotatable bonds is 2. The molecule has 0 saturated carbocycles. The zero-order valence-corrected chi connectivity index (χ0v) is 11.1. The topological polar surface area (TPSA) is 33.2 Å². The normalized spacial score (nSPS) is 20.6. The van der Waals surface area contributed by atoms with Crippen LogP contribution < -0.4 is 4.90 Å². The molecule has 0 bridgehead atoms. The molecular formula is C12H15BrN2O. The molecule has 3 nitrogen and oxygen atoms in total. The summed E-state index contributed by atoms with van der Waals surface area (Å²) >= 11 is 3.45. The molecule has 86 valence electrons. The maximum Gasteiger partial charge on any atom is 0.227 e. The summed E-state index contributed by atoms with van der Waals surface area (Å²) in [5.41, 5.74) is 3.11. The number of halogens is 1. The van der Waals surface area contributed by atoms with Crippen LogP contribution in [0.1, 0.15) is 17.7 Å². The number of anilines is 1. The Morgan fingerprint density at radius 2 is 2.31 bits per heavy atom. The van der Waals surface area contributed by atoms with Crippen molar-refractivity contribution in [3.63, 3.8) is 0 Å². The highest BCUT2D eigenvalue weighted by Gasteiger charge is 2.30. The van der Waals surface area contributed by atoms with E-state index >= 15 is 0 Å². The number of aromatic nitrogens is 1. The molecule has 1 aliphatic heterocycles. The molecule has 1 unspecified atom stereocenters. The Morgan fingerprint density at radius 3 is 2.94 bits per heavy atom. The summed E-state index contributed by atoms with van der Waals surface area (Å²) in [5, 5.41) is 0.887. The summed E-state index contributed by atoms with van der Waals surface area (Å²) < 4.78 is 0. The fourth-order valence-corrected chi connectivity index (χ4v) is 2.47. The molecule has 1 atom stereocenters. The summed E-state index contributed by atoms with van der Waals surface area (Å²) in [7, 11) is 0. The number of pyridine rings is 1. The Kier molecular flexibility index (Phi) is 3.28. The molecule has 1 saturated heterocycles. The van der Waals surface area contributed by atoms with Crippen molar-refractivity contribution in [3.05, 3.63) is 23.5 Å². The van der Waals surface area contributed by atoms with Gasteiger partial charge in [0.05, 0.1) is 0 Å². The van der Waals surface area contributed by atoms with Gasteiger partial charge in [0.1, 0.15) is 0 Å².